The van der Waals surface area contributed by atoms with E-state index in [1.165, 1.54) is 22.1 Å². The van der Waals surface area contributed by atoms with Crippen molar-refractivity contribution in [3.05, 3.63) is 125 Å². The molecule has 3 aromatic carbocycles. The van der Waals surface area contributed by atoms with Crippen LogP contribution < -0.4 is 10.9 Å². The maximum absolute atomic E-state index is 5.64. The van der Waals surface area contributed by atoms with Gasteiger partial charge < -0.3 is 4.98 Å². The minimum absolute atomic E-state index is 0.382. The van der Waals surface area contributed by atoms with Gasteiger partial charge in [-0.3, -0.25) is 0 Å². The normalized spacial score (nSPS) is 10.6. The van der Waals surface area contributed by atoms with Gasteiger partial charge in [0.25, 0.3) is 0 Å². The Morgan fingerprint density at radius 2 is 1.41 bits per heavy atom. The fourth-order valence-electron chi connectivity index (χ4n) is 3.83. The first-order chi connectivity index (χ1) is 15.7. The van der Waals surface area contributed by atoms with Gasteiger partial charge in [-0.1, -0.05) is 120 Å². The number of imidazole rings is 1. The molecule has 0 saturated carbocycles. The number of halogens is 1. The topological polar surface area (TPSA) is 28.7 Å². The minimum Gasteiger partial charge on any atom is -0.346 e. The Kier molecular flexibility index (Phi) is 9.40. The lowest BCUT2D eigenvalue weighted by Crippen LogP contribution is -2.41. The number of nitrogens with one attached hydrogen (secondary N) is 1. The van der Waals surface area contributed by atoms with Crippen LogP contribution in [0.15, 0.2) is 103 Å². The number of benzene rings is 3. The number of aromatic nitrogens is 2. The molecule has 0 bridgehead atoms. The molecule has 0 atom stereocenters. The summed E-state index contributed by atoms with van der Waals surface area (Å²) in [6.45, 7) is 4.60. The monoisotopic (exact) mass is 440 g/mol. The van der Waals surface area contributed by atoms with E-state index in [9.17, 15) is 0 Å². The maximum atomic E-state index is 5.64. The van der Waals surface area contributed by atoms with Crippen LogP contribution in [0.25, 0.3) is 0 Å². The Morgan fingerprint density at radius 3 is 1.91 bits per heavy atom. The summed E-state index contributed by atoms with van der Waals surface area (Å²) in [5.41, 5.74) is 8.15. The van der Waals surface area contributed by atoms with Crippen molar-refractivity contribution in [3.8, 4) is 0 Å². The molecule has 0 aliphatic heterocycles. The maximum Gasteiger partial charge on any atom is 0.213 e. The van der Waals surface area contributed by atoms with Gasteiger partial charge in [0.05, 0.1) is 0 Å². The van der Waals surface area contributed by atoms with E-state index in [1.54, 1.807) is 5.54 Å². The lowest BCUT2D eigenvalue weighted by molar-refractivity contribution is 0.982. The highest BCUT2D eigenvalue weighted by atomic mass is 35.5. The summed E-state index contributed by atoms with van der Waals surface area (Å²) in [4.78, 5) is 7.60. The Hall–Kier alpha value is -3.04. The third-order valence-electron chi connectivity index (χ3n) is 5.48. The van der Waals surface area contributed by atoms with Crippen LogP contribution in [0.5, 0.6) is 0 Å². The standard InChI is InChI=1S/C15H14BCl.C13H16N2/c17-13-7-12-16(14-8-3-1-4-9-14)15-10-5-2-6-11-15;1-3-11-6-4-5-7-12(11)8-13-14-9-10(2)15-13/h1-11,13H,12H2;4-7,9H,3,8H2,1-2H3,(H,14,15). The average Bonchev–Trinajstić information content (AvgIpc) is 3.26. The van der Waals surface area contributed by atoms with Crippen LogP contribution >= 0.6 is 11.6 Å². The molecule has 0 amide bonds. The fourth-order valence-corrected chi connectivity index (χ4v) is 3.94. The summed E-state index contributed by atoms with van der Waals surface area (Å²) in [6, 6.07) is 29.6. The lowest BCUT2D eigenvalue weighted by atomic mass is 9.39. The Balaban J connectivity index is 0.000000182. The number of hydrogen-bond acceptors (Lipinski definition) is 1. The first-order valence-corrected chi connectivity index (χ1v) is 11.6. The van der Waals surface area contributed by atoms with Gasteiger partial charge in [-0.2, -0.15) is 0 Å². The van der Waals surface area contributed by atoms with E-state index in [0.717, 1.165) is 30.7 Å². The molecule has 0 aliphatic rings. The molecule has 1 heterocycles. The third kappa shape index (κ3) is 7.00. The van der Waals surface area contributed by atoms with Gasteiger partial charge in [0, 0.05) is 18.3 Å². The van der Waals surface area contributed by atoms with E-state index in [2.05, 4.69) is 89.7 Å². The number of allylic oxidation sites excluding steroid dienone is 1. The highest BCUT2D eigenvalue weighted by molar-refractivity contribution is 6.85. The molecule has 162 valence electrons. The molecule has 0 aliphatic carbocycles. The van der Waals surface area contributed by atoms with Gasteiger partial charge in [0.15, 0.2) is 0 Å². The van der Waals surface area contributed by atoms with Crippen LogP contribution in [-0.2, 0) is 12.8 Å². The number of aromatic amines is 1. The Morgan fingerprint density at radius 1 is 0.844 bits per heavy atom. The fraction of sp³-hybridized carbons (Fsp3) is 0.179. The Bertz CT molecular complexity index is 1050. The third-order valence-corrected chi connectivity index (χ3v) is 5.66. The molecule has 0 fully saturated rings. The van der Waals surface area contributed by atoms with Crippen LogP contribution in [-0.4, -0.2) is 16.7 Å². The first kappa shape index (κ1) is 23.6. The van der Waals surface area contributed by atoms with Crippen molar-refractivity contribution in [2.75, 3.05) is 0 Å². The summed E-state index contributed by atoms with van der Waals surface area (Å²) in [6.07, 6.45) is 6.79. The molecular formula is C28H30BClN2. The second-order valence-electron chi connectivity index (χ2n) is 7.78. The van der Waals surface area contributed by atoms with E-state index in [0.29, 0.717) is 6.71 Å². The highest BCUT2D eigenvalue weighted by Crippen LogP contribution is 2.13. The molecule has 0 spiro atoms. The van der Waals surface area contributed by atoms with Gasteiger partial charge in [-0.05, 0) is 36.3 Å². The van der Waals surface area contributed by atoms with Crippen molar-refractivity contribution >= 4 is 29.2 Å². The molecule has 2 nitrogen and oxygen atoms in total. The zero-order valence-electron chi connectivity index (χ0n) is 18.8. The van der Waals surface area contributed by atoms with Crippen molar-refractivity contribution in [3.63, 3.8) is 0 Å². The van der Waals surface area contributed by atoms with Gasteiger partial charge in [-0.25, -0.2) is 4.98 Å². The summed E-state index contributed by atoms with van der Waals surface area (Å²) in [5, 5.41) is 0. The van der Waals surface area contributed by atoms with E-state index in [-0.39, 0.29) is 0 Å². The summed E-state index contributed by atoms with van der Waals surface area (Å²) >= 11 is 5.64. The second kappa shape index (κ2) is 12.7. The quantitative estimate of drug-likeness (QED) is 0.355. The second-order valence-corrected chi connectivity index (χ2v) is 8.04. The molecule has 1 N–H and O–H groups in total. The Labute approximate surface area is 197 Å². The predicted octanol–water partition coefficient (Wildman–Crippen LogP) is 5.92. The first-order valence-electron chi connectivity index (χ1n) is 11.1. The number of aryl methyl sites for hydroxylation is 2. The number of H-pyrrole nitrogens is 1. The zero-order chi connectivity index (χ0) is 22.6. The largest absolute Gasteiger partial charge is 0.346 e. The average molecular weight is 441 g/mol. The number of nitrogens with zero attached hydrogens (tertiary/aromatic N) is 1. The van der Waals surface area contributed by atoms with Gasteiger partial charge in [-0.15, -0.1) is 0 Å². The highest BCUT2D eigenvalue weighted by Gasteiger charge is 2.16. The van der Waals surface area contributed by atoms with Crippen LogP contribution in [0, 0.1) is 6.92 Å². The van der Waals surface area contributed by atoms with E-state index < -0.39 is 0 Å². The molecule has 1 aromatic heterocycles. The van der Waals surface area contributed by atoms with Crippen LogP contribution in [0.3, 0.4) is 0 Å². The smallest absolute Gasteiger partial charge is 0.213 e. The van der Waals surface area contributed by atoms with Gasteiger partial charge >= 0.3 is 0 Å². The van der Waals surface area contributed by atoms with Crippen LogP contribution in [0.2, 0.25) is 6.32 Å². The summed E-state index contributed by atoms with van der Waals surface area (Å²) < 4.78 is 0. The zero-order valence-corrected chi connectivity index (χ0v) is 19.6. The van der Waals surface area contributed by atoms with Crippen molar-refractivity contribution in [2.45, 2.75) is 33.0 Å². The van der Waals surface area contributed by atoms with E-state index in [1.807, 2.05) is 31.3 Å². The summed E-state index contributed by atoms with van der Waals surface area (Å²) in [7, 11) is 0. The predicted molar refractivity (Wildman–Crippen MR) is 140 cm³/mol. The van der Waals surface area contributed by atoms with Crippen molar-refractivity contribution in [2.24, 2.45) is 0 Å². The molecule has 4 rings (SSSR count). The molecule has 4 aromatic rings. The summed E-state index contributed by atoms with van der Waals surface area (Å²) in [5.74, 6) is 1.05. The number of rotatable bonds is 7. The van der Waals surface area contributed by atoms with Crippen LogP contribution in [0.1, 0.15) is 29.6 Å². The molecular weight excluding hydrogens is 411 g/mol. The molecule has 32 heavy (non-hydrogen) atoms. The van der Waals surface area contributed by atoms with Gasteiger partial charge in [0.1, 0.15) is 5.82 Å². The van der Waals surface area contributed by atoms with Crippen molar-refractivity contribution in [1.29, 1.82) is 0 Å². The molecule has 0 radical (unpaired) electrons. The van der Waals surface area contributed by atoms with Crippen molar-refractivity contribution in [1.82, 2.24) is 9.97 Å². The van der Waals surface area contributed by atoms with E-state index in [4.69, 9.17) is 11.6 Å². The van der Waals surface area contributed by atoms with Crippen molar-refractivity contribution < 1.29 is 0 Å². The van der Waals surface area contributed by atoms with E-state index >= 15 is 0 Å². The number of hydrogen-bond donors (Lipinski definition) is 1. The van der Waals surface area contributed by atoms with Gasteiger partial charge in [0.2, 0.25) is 6.71 Å². The van der Waals surface area contributed by atoms with Crippen LogP contribution in [0.4, 0.5) is 0 Å². The molecule has 0 saturated heterocycles. The molecule has 4 heteroatoms. The minimum atomic E-state index is 0.382. The lowest BCUT2D eigenvalue weighted by Gasteiger charge is -2.12. The molecule has 0 unspecified atom stereocenters. The SMILES string of the molecule is CCc1ccccc1Cc1ncc(C)[nH]1.ClC=CCB(c1ccccc1)c1ccccc1.